The number of rotatable bonds is 2. The Labute approximate surface area is 97.2 Å². The van der Waals surface area contributed by atoms with Crippen molar-refractivity contribution in [2.24, 2.45) is 5.92 Å². The van der Waals surface area contributed by atoms with Crippen molar-refractivity contribution in [1.29, 1.82) is 0 Å². The number of hydrogen-bond acceptors (Lipinski definition) is 1. The number of allylic oxidation sites excluding steroid dienone is 5. The first-order valence-electron chi connectivity index (χ1n) is 5.65. The fraction of sp³-hybridized carbons (Fsp3) is 0.200. The summed E-state index contributed by atoms with van der Waals surface area (Å²) in [6.07, 6.45) is 10.7. The zero-order chi connectivity index (χ0) is 11.4. The van der Waals surface area contributed by atoms with Crippen molar-refractivity contribution in [2.75, 3.05) is 5.32 Å². The van der Waals surface area contributed by atoms with Crippen LogP contribution in [0.1, 0.15) is 12.5 Å². The highest BCUT2D eigenvalue weighted by molar-refractivity contribution is 5.56. The second-order valence-electron chi connectivity index (χ2n) is 4.17. The molecule has 0 radical (unpaired) electrons. The summed E-state index contributed by atoms with van der Waals surface area (Å²) < 4.78 is 0. The highest BCUT2D eigenvalue weighted by Gasteiger charge is 2.00. The number of benzene rings is 1. The molecule has 0 aliphatic heterocycles. The van der Waals surface area contributed by atoms with E-state index in [0.29, 0.717) is 5.92 Å². The van der Waals surface area contributed by atoms with Gasteiger partial charge in [-0.15, -0.1) is 0 Å². The van der Waals surface area contributed by atoms with Crippen molar-refractivity contribution in [3.05, 3.63) is 65.9 Å². The van der Waals surface area contributed by atoms with Crippen molar-refractivity contribution in [3.63, 3.8) is 0 Å². The summed E-state index contributed by atoms with van der Waals surface area (Å²) >= 11 is 0. The van der Waals surface area contributed by atoms with E-state index in [1.165, 1.54) is 11.3 Å². The Balaban J connectivity index is 2.17. The fourth-order valence-corrected chi connectivity index (χ4v) is 1.66. The second kappa shape index (κ2) is 4.84. The lowest BCUT2D eigenvalue weighted by atomic mass is 10.1. The second-order valence-corrected chi connectivity index (χ2v) is 4.17. The van der Waals surface area contributed by atoms with Crippen LogP contribution in [0.2, 0.25) is 0 Å². The van der Waals surface area contributed by atoms with Crippen molar-refractivity contribution in [1.82, 2.24) is 0 Å². The monoisotopic (exact) mass is 211 g/mol. The van der Waals surface area contributed by atoms with E-state index in [2.05, 4.69) is 73.8 Å². The van der Waals surface area contributed by atoms with Gasteiger partial charge in [0.05, 0.1) is 0 Å². The first-order valence-corrected chi connectivity index (χ1v) is 5.65. The molecule has 1 aromatic carbocycles. The lowest BCUT2D eigenvalue weighted by molar-refractivity contribution is 0.942. The molecule has 1 heteroatoms. The minimum absolute atomic E-state index is 0.507. The van der Waals surface area contributed by atoms with Crippen LogP contribution in [0.5, 0.6) is 0 Å². The van der Waals surface area contributed by atoms with Gasteiger partial charge in [0.15, 0.2) is 0 Å². The van der Waals surface area contributed by atoms with Crippen molar-refractivity contribution in [3.8, 4) is 0 Å². The van der Waals surface area contributed by atoms with Crippen LogP contribution in [0.4, 0.5) is 5.69 Å². The van der Waals surface area contributed by atoms with Gasteiger partial charge < -0.3 is 5.32 Å². The molecule has 0 heterocycles. The molecule has 1 aromatic rings. The molecule has 0 fully saturated rings. The number of para-hydroxylation sites is 1. The van der Waals surface area contributed by atoms with Crippen molar-refractivity contribution in [2.45, 2.75) is 13.8 Å². The van der Waals surface area contributed by atoms with E-state index in [-0.39, 0.29) is 0 Å². The van der Waals surface area contributed by atoms with E-state index >= 15 is 0 Å². The molecule has 0 bridgehead atoms. The number of anilines is 1. The van der Waals surface area contributed by atoms with Crippen LogP contribution in [-0.2, 0) is 0 Å². The van der Waals surface area contributed by atoms with Crippen molar-refractivity contribution < 1.29 is 0 Å². The Kier molecular flexibility index (Phi) is 3.25. The molecule has 0 saturated heterocycles. The average molecular weight is 211 g/mol. The lowest BCUT2D eigenvalue weighted by Crippen LogP contribution is -1.98. The lowest BCUT2D eigenvalue weighted by Gasteiger charge is -2.09. The first-order chi connectivity index (χ1) is 7.75. The maximum Gasteiger partial charge on any atom is 0.0413 e. The van der Waals surface area contributed by atoms with Gasteiger partial charge in [-0.2, -0.15) is 0 Å². The summed E-state index contributed by atoms with van der Waals surface area (Å²) in [6, 6.07) is 8.32. The van der Waals surface area contributed by atoms with Crippen LogP contribution in [-0.4, -0.2) is 0 Å². The van der Waals surface area contributed by atoms with E-state index in [0.717, 1.165) is 5.70 Å². The molecule has 1 aliphatic carbocycles. The molecule has 1 N–H and O–H groups in total. The van der Waals surface area contributed by atoms with Gasteiger partial charge in [0.1, 0.15) is 0 Å². The van der Waals surface area contributed by atoms with Gasteiger partial charge in [-0.1, -0.05) is 43.4 Å². The maximum absolute atomic E-state index is 3.43. The smallest absolute Gasteiger partial charge is 0.0413 e. The van der Waals surface area contributed by atoms with Gasteiger partial charge in [-0.25, -0.2) is 0 Å². The predicted molar refractivity (Wildman–Crippen MR) is 70.3 cm³/mol. The maximum atomic E-state index is 3.43. The largest absolute Gasteiger partial charge is 0.355 e. The Hall–Kier alpha value is -1.76. The molecule has 0 aromatic heterocycles. The fourth-order valence-electron chi connectivity index (χ4n) is 1.66. The predicted octanol–water partition coefficient (Wildman–Crippen LogP) is 4.05. The Morgan fingerprint density at radius 1 is 1.12 bits per heavy atom. The van der Waals surface area contributed by atoms with Crippen molar-refractivity contribution >= 4 is 5.69 Å². The molecule has 1 unspecified atom stereocenters. The molecule has 0 saturated carbocycles. The highest BCUT2D eigenvalue weighted by atomic mass is 14.9. The van der Waals surface area contributed by atoms with Gasteiger partial charge in [-0.05, 0) is 36.6 Å². The SMILES string of the molecule is Cc1ccccc1NC1=CC=CC(C)C=C1. The Morgan fingerprint density at radius 3 is 2.75 bits per heavy atom. The van der Waals surface area contributed by atoms with Gasteiger partial charge in [0.2, 0.25) is 0 Å². The van der Waals surface area contributed by atoms with Gasteiger partial charge in [-0.3, -0.25) is 0 Å². The summed E-state index contributed by atoms with van der Waals surface area (Å²) in [4.78, 5) is 0. The number of aryl methyl sites for hydroxylation is 1. The minimum Gasteiger partial charge on any atom is -0.355 e. The third-order valence-electron chi connectivity index (χ3n) is 2.69. The van der Waals surface area contributed by atoms with E-state index in [1.54, 1.807) is 0 Å². The molecule has 16 heavy (non-hydrogen) atoms. The van der Waals surface area contributed by atoms with Crippen LogP contribution in [0.25, 0.3) is 0 Å². The number of nitrogens with one attached hydrogen (secondary N) is 1. The van der Waals surface area contributed by atoms with Crippen LogP contribution < -0.4 is 5.32 Å². The first kappa shape index (κ1) is 10.7. The summed E-state index contributed by atoms with van der Waals surface area (Å²) in [7, 11) is 0. The zero-order valence-electron chi connectivity index (χ0n) is 9.77. The quantitative estimate of drug-likeness (QED) is 0.778. The molecule has 2 rings (SSSR count). The van der Waals surface area contributed by atoms with Crippen LogP contribution in [0.3, 0.4) is 0 Å². The summed E-state index contributed by atoms with van der Waals surface area (Å²) in [6.45, 7) is 4.29. The van der Waals surface area contributed by atoms with E-state index < -0.39 is 0 Å². The zero-order valence-corrected chi connectivity index (χ0v) is 9.77. The Morgan fingerprint density at radius 2 is 1.94 bits per heavy atom. The third kappa shape index (κ3) is 2.63. The topological polar surface area (TPSA) is 12.0 Å². The minimum atomic E-state index is 0.507. The molecular formula is C15H17N. The molecular weight excluding hydrogens is 194 g/mol. The molecule has 82 valence electrons. The molecule has 0 spiro atoms. The highest BCUT2D eigenvalue weighted by Crippen LogP contribution is 2.17. The molecule has 1 aliphatic rings. The standard InChI is InChI=1S/C15H17N/c1-12-6-5-8-14(11-10-12)16-15-9-4-3-7-13(15)2/h3-12,16H,1-2H3. The normalized spacial score (nSPS) is 19.1. The summed E-state index contributed by atoms with van der Waals surface area (Å²) in [5.41, 5.74) is 3.56. The van der Waals surface area contributed by atoms with Gasteiger partial charge >= 0.3 is 0 Å². The Bertz CT molecular complexity index is 452. The molecule has 1 nitrogen and oxygen atoms in total. The van der Waals surface area contributed by atoms with E-state index in [1.807, 2.05) is 0 Å². The number of hydrogen-bond donors (Lipinski definition) is 1. The van der Waals surface area contributed by atoms with Crippen LogP contribution >= 0.6 is 0 Å². The molecule has 0 amide bonds. The average Bonchev–Trinajstić information content (AvgIpc) is 2.47. The van der Waals surface area contributed by atoms with Crippen LogP contribution in [0, 0.1) is 12.8 Å². The summed E-state index contributed by atoms with van der Waals surface area (Å²) in [5.74, 6) is 0.507. The van der Waals surface area contributed by atoms with Gasteiger partial charge in [0, 0.05) is 11.4 Å². The molecule has 1 atom stereocenters. The van der Waals surface area contributed by atoms with Gasteiger partial charge in [0.25, 0.3) is 0 Å². The van der Waals surface area contributed by atoms with E-state index in [4.69, 9.17) is 0 Å². The van der Waals surface area contributed by atoms with E-state index in [9.17, 15) is 0 Å². The summed E-state index contributed by atoms with van der Waals surface area (Å²) in [5, 5.41) is 3.43. The van der Waals surface area contributed by atoms with Crippen LogP contribution in [0.15, 0.2) is 60.3 Å². The third-order valence-corrected chi connectivity index (χ3v) is 2.69.